The molecule has 0 aromatic rings. The fraction of sp³-hybridized carbons (Fsp3) is 0.667. The van der Waals surface area contributed by atoms with Gasteiger partial charge in [-0.15, -0.1) is 0 Å². The first kappa shape index (κ1) is 45.5. The monoisotopic (exact) mass is 454 g/mol. The summed E-state index contributed by atoms with van der Waals surface area (Å²) in [5.41, 5.74) is 0. The van der Waals surface area contributed by atoms with E-state index >= 15 is 0 Å². The topological polar surface area (TPSA) is 186 Å². The maximum absolute atomic E-state index is 9.37. The molecule has 0 saturated heterocycles. The van der Waals surface area contributed by atoms with Crippen molar-refractivity contribution in [2.45, 2.75) is 66.7 Å². The van der Waals surface area contributed by atoms with E-state index < -0.39 is 29.8 Å². The molecule has 0 fully saturated rings. The van der Waals surface area contributed by atoms with Gasteiger partial charge in [0.15, 0.2) is 0 Å². The van der Waals surface area contributed by atoms with Crippen LogP contribution in [0.4, 0.5) is 0 Å². The molecular formula is C15H34Ca2O10. The Bertz CT molecular complexity index is 292. The Kier molecular flexibility index (Phi) is 68.4. The van der Waals surface area contributed by atoms with Crippen molar-refractivity contribution in [2.24, 2.45) is 0 Å². The molecule has 0 bridgehead atoms. The summed E-state index contributed by atoms with van der Waals surface area (Å²) < 4.78 is 0. The van der Waals surface area contributed by atoms with Crippen LogP contribution in [0.3, 0.4) is 0 Å². The molecule has 0 saturated carbocycles. The standard InChI is InChI=1S/5C3H6O2.2Ca.4H/c5*1-2-3(4)5;;;;;;/h5*2H2,1H3,(H,4,5);;;;;;. The zero-order valence-corrected chi connectivity index (χ0v) is 15.3. The summed E-state index contributed by atoms with van der Waals surface area (Å²) in [5, 5.41) is 38.6. The zero-order chi connectivity index (χ0) is 21.4. The van der Waals surface area contributed by atoms with Gasteiger partial charge in [0.2, 0.25) is 0 Å². The van der Waals surface area contributed by atoms with Gasteiger partial charge in [-0.05, 0) is 0 Å². The number of hydrogen-bond donors (Lipinski definition) is 5. The Morgan fingerprint density at radius 1 is 0.407 bits per heavy atom. The molecule has 0 rings (SSSR count). The molecule has 158 valence electrons. The minimum absolute atomic E-state index is 0. The third kappa shape index (κ3) is 151. The fourth-order valence-corrected chi connectivity index (χ4v) is 0. The van der Waals surface area contributed by atoms with Gasteiger partial charge in [-0.1, -0.05) is 34.6 Å². The van der Waals surface area contributed by atoms with Crippen LogP contribution >= 0.6 is 0 Å². The summed E-state index contributed by atoms with van der Waals surface area (Å²) in [5.74, 6) is -3.73. The van der Waals surface area contributed by atoms with Gasteiger partial charge in [0.25, 0.3) is 0 Å². The van der Waals surface area contributed by atoms with E-state index in [1.807, 2.05) is 0 Å². The van der Waals surface area contributed by atoms with Crippen molar-refractivity contribution in [1.82, 2.24) is 0 Å². The van der Waals surface area contributed by atoms with Gasteiger partial charge in [0.1, 0.15) is 0 Å². The van der Waals surface area contributed by atoms with Gasteiger partial charge in [-0.3, -0.25) is 24.0 Å². The van der Waals surface area contributed by atoms with Crippen LogP contribution in [0.2, 0.25) is 0 Å². The first-order valence-corrected chi connectivity index (χ1v) is 7.44. The van der Waals surface area contributed by atoms with Crippen molar-refractivity contribution in [3.8, 4) is 0 Å². The number of carboxylic acid groups (broad SMARTS) is 5. The van der Waals surface area contributed by atoms with Crippen molar-refractivity contribution in [3.63, 3.8) is 0 Å². The van der Waals surface area contributed by atoms with Gasteiger partial charge in [0.05, 0.1) is 0 Å². The summed E-state index contributed by atoms with van der Waals surface area (Å²) in [7, 11) is 0. The predicted molar refractivity (Wildman–Crippen MR) is 107 cm³/mol. The SMILES string of the molecule is CCC(=O)O.CCC(=O)O.CCC(=O)O.CCC(=O)O.CCC(=O)O.[CaH2].[CaH2]. The van der Waals surface area contributed by atoms with Gasteiger partial charge in [-0.2, -0.15) is 0 Å². The van der Waals surface area contributed by atoms with Crippen LogP contribution in [0.25, 0.3) is 0 Å². The number of rotatable bonds is 5. The van der Waals surface area contributed by atoms with Crippen LogP contribution in [-0.4, -0.2) is 131 Å². The molecule has 0 spiro atoms. The molecule has 0 aliphatic rings. The molecule has 0 atom stereocenters. The van der Waals surface area contributed by atoms with E-state index in [0.29, 0.717) is 0 Å². The number of hydrogen-bond acceptors (Lipinski definition) is 5. The quantitative estimate of drug-likeness (QED) is 0.368. The molecule has 0 aliphatic carbocycles. The first-order valence-electron chi connectivity index (χ1n) is 7.44. The van der Waals surface area contributed by atoms with E-state index in [1.54, 1.807) is 34.6 Å². The Hall–Kier alpha value is -0.131. The van der Waals surface area contributed by atoms with Gasteiger partial charge in [0, 0.05) is 32.1 Å². The van der Waals surface area contributed by atoms with E-state index in [9.17, 15) is 24.0 Å². The molecule has 0 aliphatic heterocycles. The Labute approximate surface area is 219 Å². The van der Waals surface area contributed by atoms with Crippen LogP contribution < -0.4 is 0 Å². The predicted octanol–water partition coefficient (Wildman–Crippen LogP) is 0.573. The van der Waals surface area contributed by atoms with Crippen molar-refractivity contribution < 1.29 is 49.5 Å². The van der Waals surface area contributed by atoms with Crippen molar-refractivity contribution in [1.29, 1.82) is 0 Å². The van der Waals surface area contributed by atoms with E-state index in [1.165, 1.54) is 0 Å². The van der Waals surface area contributed by atoms with Crippen molar-refractivity contribution >= 4 is 105 Å². The van der Waals surface area contributed by atoms with Crippen LogP contribution in [0.5, 0.6) is 0 Å². The third-order valence-electron chi connectivity index (χ3n) is 1.51. The molecule has 10 nitrogen and oxygen atoms in total. The van der Waals surface area contributed by atoms with Crippen LogP contribution in [-0.2, 0) is 24.0 Å². The van der Waals surface area contributed by atoms with Crippen LogP contribution in [0, 0.1) is 0 Å². The third-order valence-corrected chi connectivity index (χ3v) is 1.51. The van der Waals surface area contributed by atoms with Crippen LogP contribution in [0.15, 0.2) is 0 Å². The van der Waals surface area contributed by atoms with E-state index in [-0.39, 0.29) is 108 Å². The molecule has 0 aromatic carbocycles. The average molecular weight is 455 g/mol. The zero-order valence-electron chi connectivity index (χ0n) is 15.3. The molecule has 5 N–H and O–H groups in total. The molecule has 0 radical (unpaired) electrons. The normalized spacial score (nSPS) is 6.85. The maximum atomic E-state index is 9.37. The second kappa shape index (κ2) is 40.5. The molecule has 0 amide bonds. The average Bonchev–Trinajstić information content (AvgIpc) is 2.56. The van der Waals surface area contributed by atoms with E-state index in [4.69, 9.17) is 25.5 Å². The fourth-order valence-electron chi connectivity index (χ4n) is 0. The summed E-state index contributed by atoms with van der Waals surface area (Å²) in [6.45, 7) is 8.00. The van der Waals surface area contributed by atoms with Crippen molar-refractivity contribution in [2.75, 3.05) is 0 Å². The number of aliphatic carboxylic acids is 5. The molecular weight excluding hydrogens is 420 g/mol. The molecule has 0 aromatic heterocycles. The van der Waals surface area contributed by atoms with Gasteiger partial charge >= 0.3 is 105 Å². The van der Waals surface area contributed by atoms with Crippen LogP contribution in [0.1, 0.15) is 66.7 Å². The number of carboxylic acids is 5. The van der Waals surface area contributed by atoms with Gasteiger partial charge in [-0.25, -0.2) is 0 Å². The Morgan fingerprint density at radius 2 is 0.444 bits per heavy atom. The summed E-state index contributed by atoms with van der Waals surface area (Å²) in [6, 6.07) is 0. The summed E-state index contributed by atoms with van der Waals surface area (Å²) in [6.07, 6.45) is 1.11. The number of carbonyl (C=O) groups is 5. The van der Waals surface area contributed by atoms with Crippen molar-refractivity contribution in [3.05, 3.63) is 0 Å². The molecule has 27 heavy (non-hydrogen) atoms. The Balaban J connectivity index is -0.0000000364. The Morgan fingerprint density at radius 3 is 0.444 bits per heavy atom. The summed E-state index contributed by atoms with van der Waals surface area (Å²) >= 11 is 0. The molecule has 12 heteroatoms. The minimum atomic E-state index is -0.745. The van der Waals surface area contributed by atoms with Gasteiger partial charge < -0.3 is 25.5 Å². The second-order valence-electron chi connectivity index (χ2n) is 3.74. The molecule has 0 heterocycles. The van der Waals surface area contributed by atoms with E-state index in [0.717, 1.165) is 0 Å². The second-order valence-corrected chi connectivity index (χ2v) is 3.74. The molecule has 0 unspecified atom stereocenters. The summed E-state index contributed by atoms with van der Waals surface area (Å²) in [4.78, 5) is 46.8. The first-order chi connectivity index (χ1) is 11.4. The van der Waals surface area contributed by atoms with E-state index in [2.05, 4.69) is 0 Å².